The van der Waals surface area contributed by atoms with Crippen molar-refractivity contribution in [3.05, 3.63) is 18.0 Å². The van der Waals surface area contributed by atoms with Crippen molar-refractivity contribution in [2.45, 2.75) is 12.3 Å². The van der Waals surface area contributed by atoms with Gasteiger partial charge in [-0.3, -0.25) is 14.6 Å². The van der Waals surface area contributed by atoms with Gasteiger partial charge in [-0.2, -0.15) is 16.9 Å². The minimum Gasteiger partial charge on any atom is -0.355 e. The molecule has 23 heavy (non-hydrogen) atoms. The van der Waals surface area contributed by atoms with Crippen LogP contribution < -0.4 is 5.32 Å². The number of hydrogen-bond acceptors (Lipinski definition) is 4. The topological polar surface area (TPSA) is 48.7 Å². The van der Waals surface area contributed by atoms with Crippen molar-refractivity contribution in [3.63, 3.8) is 0 Å². The second-order valence-corrected chi connectivity index (χ2v) is 7.53. The zero-order valence-electron chi connectivity index (χ0n) is 14.2. The molecule has 3 heterocycles. The molecule has 1 unspecified atom stereocenters. The zero-order valence-corrected chi connectivity index (χ0v) is 15.1. The molecule has 7 heteroatoms. The summed E-state index contributed by atoms with van der Waals surface area (Å²) in [5.41, 5.74) is 1.34. The molecule has 2 aliphatic rings. The van der Waals surface area contributed by atoms with Gasteiger partial charge in [0.1, 0.15) is 0 Å². The minimum absolute atomic E-state index is 0.571. The van der Waals surface area contributed by atoms with E-state index in [0.717, 1.165) is 32.1 Å². The smallest absolute Gasteiger partial charge is 0.193 e. The fraction of sp³-hybridized carbons (Fsp3) is 0.750. The lowest BCUT2D eigenvalue weighted by Crippen LogP contribution is -2.44. The van der Waals surface area contributed by atoms with Crippen LogP contribution in [0.25, 0.3) is 0 Å². The molecule has 0 bridgehead atoms. The van der Waals surface area contributed by atoms with E-state index < -0.39 is 0 Å². The number of guanidine groups is 1. The molecule has 1 atom stereocenters. The third-order valence-corrected chi connectivity index (χ3v) is 5.65. The molecule has 0 aromatic carbocycles. The Hall–Kier alpha value is -1.21. The lowest BCUT2D eigenvalue weighted by molar-refractivity contribution is 0.305. The van der Waals surface area contributed by atoms with Gasteiger partial charge in [0.15, 0.2) is 5.96 Å². The van der Waals surface area contributed by atoms with Gasteiger partial charge in [-0.1, -0.05) is 0 Å². The van der Waals surface area contributed by atoms with Crippen molar-refractivity contribution in [1.29, 1.82) is 0 Å². The molecular formula is C16H28N6S. The van der Waals surface area contributed by atoms with Crippen LogP contribution in [0.3, 0.4) is 0 Å². The van der Waals surface area contributed by atoms with Crippen LogP contribution in [0.1, 0.15) is 17.9 Å². The van der Waals surface area contributed by atoms with Crippen molar-refractivity contribution in [1.82, 2.24) is 24.9 Å². The van der Waals surface area contributed by atoms with Gasteiger partial charge in [-0.05, 0) is 12.0 Å². The first-order valence-electron chi connectivity index (χ1n) is 8.50. The largest absolute Gasteiger partial charge is 0.355 e. The number of nitrogens with one attached hydrogen (secondary N) is 1. The second-order valence-electron chi connectivity index (χ2n) is 6.31. The SMILES string of the molecule is CN=C(NCCN1CCSCC1)N1CCC(c2cnn(C)c2)C1. The highest BCUT2D eigenvalue weighted by atomic mass is 32.2. The molecule has 0 amide bonds. The van der Waals surface area contributed by atoms with Gasteiger partial charge in [-0.15, -0.1) is 0 Å². The number of thioether (sulfide) groups is 1. The Morgan fingerprint density at radius 2 is 2.22 bits per heavy atom. The van der Waals surface area contributed by atoms with E-state index in [4.69, 9.17) is 0 Å². The van der Waals surface area contributed by atoms with Crippen molar-refractivity contribution in [2.75, 3.05) is 57.8 Å². The van der Waals surface area contributed by atoms with E-state index in [1.165, 1.54) is 36.6 Å². The Labute approximate surface area is 143 Å². The standard InChI is InChI=1S/C16H28N6S/c1-17-16(18-4-6-21-7-9-23-10-8-21)22-5-3-14(13-22)15-11-19-20(2)12-15/h11-12,14H,3-10,13H2,1-2H3,(H,17,18). The van der Waals surface area contributed by atoms with Crippen LogP contribution >= 0.6 is 11.8 Å². The van der Waals surface area contributed by atoms with Gasteiger partial charge in [0, 0.05) is 77.0 Å². The first-order chi connectivity index (χ1) is 11.3. The van der Waals surface area contributed by atoms with E-state index in [2.05, 4.69) is 43.2 Å². The van der Waals surface area contributed by atoms with Crippen LogP contribution in [0, 0.1) is 0 Å². The fourth-order valence-electron chi connectivity index (χ4n) is 3.36. The van der Waals surface area contributed by atoms with Crippen LogP contribution in [0.5, 0.6) is 0 Å². The van der Waals surface area contributed by atoms with Crippen molar-refractivity contribution >= 4 is 17.7 Å². The van der Waals surface area contributed by atoms with Gasteiger partial charge in [0.25, 0.3) is 0 Å². The highest BCUT2D eigenvalue weighted by molar-refractivity contribution is 7.99. The molecule has 1 aromatic heterocycles. The maximum Gasteiger partial charge on any atom is 0.193 e. The summed E-state index contributed by atoms with van der Waals surface area (Å²) >= 11 is 2.06. The molecule has 0 aliphatic carbocycles. The van der Waals surface area contributed by atoms with Gasteiger partial charge < -0.3 is 10.2 Å². The fourth-order valence-corrected chi connectivity index (χ4v) is 4.34. The van der Waals surface area contributed by atoms with Crippen LogP contribution in [0.2, 0.25) is 0 Å². The lowest BCUT2D eigenvalue weighted by atomic mass is 10.0. The average molecular weight is 337 g/mol. The Morgan fingerprint density at radius 1 is 1.39 bits per heavy atom. The molecule has 0 spiro atoms. The van der Waals surface area contributed by atoms with E-state index in [1.54, 1.807) is 0 Å². The number of aryl methyl sites for hydroxylation is 1. The number of nitrogens with zero attached hydrogens (tertiary/aromatic N) is 5. The van der Waals surface area contributed by atoms with Gasteiger partial charge >= 0.3 is 0 Å². The van der Waals surface area contributed by atoms with Crippen LogP contribution in [-0.2, 0) is 7.05 Å². The third kappa shape index (κ3) is 4.41. The van der Waals surface area contributed by atoms with Gasteiger partial charge in [-0.25, -0.2) is 0 Å². The lowest BCUT2D eigenvalue weighted by Gasteiger charge is -2.27. The summed E-state index contributed by atoms with van der Waals surface area (Å²) in [6, 6.07) is 0. The predicted molar refractivity (Wildman–Crippen MR) is 97.3 cm³/mol. The van der Waals surface area contributed by atoms with Crippen LogP contribution in [0.4, 0.5) is 0 Å². The molecule has 2 aliphatic heterocycles. The average Bonchev–Trinajstić information content (AvgIpc) is 3.21. The molecule has 0 saturated carbocycles. The van der Waals surface area contributed by atoms with Gasteiger partial charge in [0.2, 0.25) is 0 Å². The molecule has 3 rings (SSSR count). The van der Waals surface area contributed by atoms with E-state index in [1.807, 2.05) is 25.0 Å². The Morgan fingerprint density at radius 3 is 2.91 bits per heavy atom. The predicted octanol–water partition coefficient (Wildman–Crippen LogP) is 0.834. The molecular weight excluding hydrogens is 308 g/mol. The molecule has 6 nitrogen and oxygen atoms in total. The Balaban J connectivity index is 1.45. The van der Waals surface area contributed by atoms with E-state index in [0.29, 0.717) is 5.92 Å². The highest BCUT2D eigenvalue weighted by Crippen LogP contribution is 2.26. The number of likely N-dealkylation sites (tertiary alicyclic amines) is 1. The Bertz CT molecular complexity index is 522. The molecule has 2 fully saturated rings. The number of aliphatic imine (C=N–C) groups is 1. The maximum atomic E-state index is 4.47. The van der Waals surface area contributed by atoms with Crippen molar-refractivity contribution in [3.8, 4) is 0 Å². The second kappa shape index (κ2) is 8.06. The summed E-state index contributed by atoms with van der Waals surface area (Å²) in [6.45, 7) is 6.63. The molecule has 0 radical (unpaired) electrons. The summed E-state index contributed by atoms with van der Waals surface area (Å²) < 4.78 is 1.89. The highest BCUT2D eigenvalue weighted by Gasteiger charge is 2.26. The minimum atomic E-state index is 0.571. The summed E-state index contributed by atoms with van der Waals surface area (Å²) in [6.07, 6.45) is 5.31. The van der Waals surface area contributed by atoms with Crippen LogP contribution in [-0.4, -0.2) is 83.4 Å². The quantitative estimate of drug-likeness (QED) is 0.652. The Kier molecular flexibility index (Phi) is 5.83. The summed E-state index contributed by atoms with van der Waals surface area (Å²) in [5, 5.41) is 7.84. The third-order valence-electron chi connectivity index (χ3n) is 4.71. The maximum absolute atomic E-state index is 4.47. The molecule has 128 valence electrons. The van der Waals surface area contributed by atoms with Crippen molar-refractivity contribution < 1.29 is 0 Å². The monoisotopic (exact) mass is 336 g/mol. The summed E-state index contributed by atoms with van der Waals surface area (Å²) in [4.78, 5) is 9.39. The van der Waals surface area contributed by atoms with Crippen molar-refractivity contribution in [2.24, 2.45) is 12.0 Å². The summed E-state index contributed by atoms with van der Waals surface area (Å²) in [7, 11) is 3.87. The zero-order chi connectivity index (χ0) is 16.1. The van der Waals surface area contributed by atoms with E-state index in [-0.39, 0.29) is 0 Å². The number of aromatic nitrogens is 2. The first kappa shape index (κ1) is 16.6. The van der Waals surface area contributed by atoms with Gasteiger partial charge in [0.05, 0.1) is 6.20 Å². The molecule has 2 saturated heterocycles. The number of hydrogen-bond donors (Lipinski definition) is 1. The van der Waals surface area contributed by atoms with Crippen LogP contribution in [0.15, 0.2) is 17.4 Å². The van der Waals surface area contributed by atoms with E-state index in [9.17, 15) is 0 Å². The first-order valence-corrected chi connectivity index (χ1v) is 9.66. The normalized spacial score (nSPS) is 23.5. The molecule has 1 N–H and O–H groups in total. The number of rotatable bonds is 4. The van der Waals surface area contributed by atoms with E-state index >= 15 is 0 Å². The summed E-state index contributed by atoms with van der Waals surface area (Å²) in [5.74, 6) is 4.16. The molecule has 1 aromatic rings.